The van der Waals surface area contributed by atoms with Crippen LogP contribution in [0.5, 0.6) is 0 Å². The van der Waals surface area contributed by atoms with E-state index in [1.54, 1.807) is 23.1 Å². The first-order valence-corrected chi connectivity index (χ1v) is 12.0. The molecule has 2 amide bonds. The van der Waals surface area contributed by atoms with Crippen molar-refractivity contribution in [2.45, 2.75) is 44.7 Å². The van der Waals surface area contributed by atoms with Crippen LogP contribution in [0.4, 0.5) is 0 Å². The Morgan fingerprint density at radius 2 is 1.88 bits per heavy atom. The zero-order valence-electron chi connectivity index (χ0n) is 18.1. The molecular formula is C25H24Cl2N4O2. The summed E-state index contributed by atoms with van der Waals surface area (Å²) in [5.74, 6) is -0.436. The summed E-state index contributed by atoms with van der Waals surface area (Å²) in [6, 6.07) is 14.3. The highest BCUT2D eigenvalue weighted by atomic mass is 35.5. The topological polar surface area (TPSA) is 67.2 Å². The van der Waals surface area contributed by atoms with Gasteiger partial charge in [0, 0.05) is 17.3 Å². The maximum atomic E-state index is 13.1. The third-order valence-electron chi connectivity index (χ3n) is 6.42. The molecule has 170 valence electrons. The number of carbonyl (C=O) groups excluding carboxylic acids is 2. The lowest BCUT2D eigenvalue weighted by atomic mass is 10.1. The Balaban J connectivity index is 1.31. The van der Waals surface area contributed by atoms with Gasteiger partial charge in [0.05, 0.1) is 28.5 Å². The molecule has 6 nitrogen and oxygen atoms in total. The minimum atomic E-state index is -0.531. The van der Waals surface area contributed by atoms with Gasteiger partial charge in [0.25, 0.3) is 5.91 Å². The Kier molecular flexibility index (Phi) is 6.13. The first-order valence-electron chi connectivity index (χ1n) is 11.2. The van der Waals surface area contributed by atoms with Crippen molar-refractivity contribution in [1.29, 1.82) is 0 Å². The molecule has 2 aromatic carbocycles. The van der Waals surface area contributed by atoms with E-state index in [9.17, 15) is 9.59 Å². The summed E-state index contributed by atoms with van der Waals surface area (Å²) in [6.45, 7) is 0.856. The van der Waals surface area contributed by atoms with Crippen LogP contribution in [0.3, 0.4) is 0 Å². The third-order valence-corrected chi connectivity index (χ3v) is 6.98. The summed E-state index contributed by atoms with van der Waals surface area (Å²) in [7, 11) is 0. The molecule has 1 unspecified atom stereocenters. The number of para-hydroxylation sites is 1. The van der Waals surface area contributed by atoms with Gasteiger partial charge in [-0.05, 0) is 68.0 Å². The summed E-state index contributed by atoms with van der Waals surface area (Å²) < 4.78 is 2.00. The first kappa shape index (κ1) is 22.0. The van der Waals surface area contributed by atoms with Gasteiger partial charge in [0.15, 0.2) is 0 Å². The number of likely N-dealkylation sites (tertiary alicyclic amines) is 1. The van der Waals surface area contributed by atoms with Gasteiger partial charge in [-0.25, -0.2) is 4.68 Å². The SMILES string of the molecule is O=C(NCc1nn(-c2ccccc2)c2c1CCC2)C1CCCN1C(=O)c1cc(Cl)ccc1Cl. The highest BCUT2D eigenvalue weighted by Crippen LogP contribution is 2.29. The monoisotopic (exact) mass is 482 g/mol. The number of fused-ring (bicyclic) bond motifs is 1. The van der Waals surface area contributed by atoms with Gasteiger partial charge in [0.1, 0.15) is 6.04 Å². The van der Waals surface area contributed by atoms with Crippen molar-refractivity contribution in [3.8, 4) is 5.69 Å². The largest absolute Gasteiger partial charge is 0.349 e. The zero-order valence-corrected chi connectivity index (χ0v) is 19.6. The number of carbonyl (C=O) groups is 2. The minimum Gasteiger partial charge on any atom is -0.349 e. The average molecular weight is 483 g/mol. The first-order chi connectivity index (χ1) is 16.0. The van der Waals surface area contributed by atoms with Crippen molar-refractivity contribution < 1.29 is 9.59 Å². The third kappa shape index (κ3) is 4.25. The van der Waals surface area contributed by atoms with Crippen molar-refractivity contribution in [3.05, 3.63) is 81.1 Å². The fourth-order valence-electron chi connectivity index (χ4n) is 4.83. The molecule has 1 N–H and O–H groups in total. The molecule has 0 saturated carbocycles. The number of aromatic nitrogens is 2. The molecule has 1 aliphatic carbocycles. The standard InChI is InChI=1S/C25H24Cl2N4O2/c26-16-11-12-20(27)19(14-16)25(33)30-13-5-10-23(30)24(32)28-15-21-18-8-4-9-22(18)31(29-21)17-6-2-1-3-7-17/h1-3,6-7,11-12,14,23H,4-5,8-10,13,15H2,(H,28,32). The second kappa shape index (κ2) is 9.20. The number of rotatable bonds is 5. The number of halogens is 2. The maximum Gasteiger partial charge on any atom is 0.256 e. The molecule has 3 aromatic rings. The number of hydrogen-bond acceptors (Lipinski definition) is 3. The summed E-state index contributed by atoms with van der Waals surface area (Å²) in [4.78, 5) is 27.8. The van der Waals surface area contributed by atoms with Crippen LogP contribution in [0, 0.1) is 0 Å². The second-order valence-corrected chi connectivity index (χ2v) is 9.32. The Labute approximate surface area is 202 Å². The molecular weight excluding hydrogens is 459 g/mol. The Hall–Kier alpha value is -2.83. The molecule has 1 saturated heterocycles. The molecule has 5 rings (SSSR count). The van der Waals surface area contributed by atoms with Gasteiger partial charge in [-0.3, -0.25) is 9.59 Å². The normalized spacial score (nSPS) is 17.3. The second-order valence-electron chi connectivity index (χ2n) is 8.47. The van der Waals surface area contributed by atoms with Crippen LogP contribution in [0.15, 0.2) is 48.5 Å². The highest BCUT2D eigenvalue weighted by molar-refractivity contribution is 6.35. The summed E-state index contributed by atoms with van der Waals surface area (Å²) >= 11 is 12.3. The van der Waals surface area contributed by atoms with Crippen molar-refractivity contribution >= 4 is 35.0 Å². The van der Waals surface area contributed by atoms with Gasteiger partial charge in [-0.2, -0.15) is 5.10 Å². The number of hydrogen-bond donors (Lipinski definition) is 1. The fourth-order valence-corrected chi connectivity index (χ4v) is 5.20. The lowest BCUT2D eigenvalue weighted by molar-refractivity contribution is -0.125. The summed E-state index contributed by atoms with van der Waals surface area (Å²) in [5.41, 5.74) is 4.69. The van der Waals surface area contributed by atoms with Crippen molar-refractivity contribution in [2.24, 2.45) is 0 Å². The Morgan fingerprint density at radius 1 is 1.06 bits per heavy atom. The minimum absolute atomic E-state index is 0.167. The molecule has 33 heavy (non-hydrogen) atoms. The summed E-state index contributed by atoms with van der Waals surface area (Å²) in [6.07, 6.45) is 4.42. The fraction of sp³-hybridized carbons (Fsp3) is 0.320. The zero-order chi connectivity index (χ0) is 22.9. The van der Waals surface area contributed by atoms with Crippen LogP contribution in [-0.2, 0) is 24.2 Å². The highest BCUT2D eigenvalue weighted by Gasteiger charge is 2.35. The molecule has 1 aromatic heterocycles. The predicted molar refractivity (Wildman–Crippen MR) is 128 cm³/mol. The number of benzene rings is 2. The molecule has 0 bridgehead atoms. The Bertz CT molecular complexity index is 1210. The van der Waals surface area contributed by atoms with Gasteiger partial charge in [-0.1, -0.05) is 41.4 Å². The van der Waals surface area contributed by atoms with E-state index in [1.165, 1.54) is 11.3 Å². The lowest BCUT2D eigenvalue weighted by Gasteiger charge is -2.24. The average Bonchev–Trinajstić information content (AvgIpc) is 3.56. The molecule has 0 spiro atoms. The van der Waals surface area contributed by atoms with Crippen LogP contribution >= 0.6 is 23.2 Å². The van der Waals surface area contributed by atoms with Crippen molar-refractivity contribution in [3.63, 3.8) is 0 Å². The quantitative estimate of drug-likeness (QED) is 0.578. The molecule has 2 aliphatic rings. The van der Waals surface area contributed by atoms with Gasteiger partial charge in [0.2, 0.25) is 5.91 Å². The van der Waals surface area contributed by atoms with E-state index >= 15 is 0 Å². The van der Waals surface area contributed by atoms with E-state index < -0.39 is 6.04 Å². The van der Waals surface area contributed by atoms with E-state index in [2.05, 4.69) is 5.32 Å². The Morgan fingerprint density at radius 3 is 2.70 bits per heavy atom. The number of nitrogens with zero attached hydrogens (tertiary/aromatic N) is 3. The van der Waals surface area contributed by atoms with Crippen LogP contribution in [-0.4, -0.2) is 39.1 Å². The van der Waals surface area contributed by atoms with Gasteiger partial charge >= 0.3 is 0 Å². The molecule has 2 heterocycles. The molecule has 1 fully saturated rings. The van der Waals surface area contributed by atoms with Gasteiger partial charge in [-0.15, -0.1) is 0 Å². The molecule has 8 heteroatoms. The number of nitrogens with one attached hydrogen (secondary N) is 1. The van der Waals surface area contributed by atoms with E-state index in [4.69, 9.17) is 28.3 Å². The molecule has 0 radical (unpaired) electrons. The van der Waals surface area contributed by atoms with Crippen molar-refractivity contribution in [2.75, 3.05) is 6.54 Å². The van der Waals surface area contributed by atoms with Gasteiger partial charge < -0.3 is 10.2 Å². The number of amides is 2. The van der Waals surface area contributed by atoms with E-state index in [0.29, 0.717) is 35.1 Å². The van der Waals surface area contributed by atoms with Crippen LogP contribution in [0.1, 0.15) is 46.6 Å². The summed E-state index contributed by atoms with van der Waals surface area (Å²) in [5, 5.41) is 8.61. The van der Waals surface area contributed by atoms with Crippen molar-refractivity contribution in [1.82, 2.24) is 20.0 Å². The van der Waals surface area contributed by atoms with Crippen LogP contribution < -0.4 is 5.32 Å². The van der Waals surface area contributed by atoms with Crippen LogP contribution in [0.25, 0.3) is 5.69 Å². The molecule has 1 aliphatic heterocycles. The van der Waals surface area contributed by atoms with Crippen LogP contribution in [0.2, 0.25) is 10.0 Å². The molecule has 1 atom stereocenters. The van der Waals surface area contributed by atoms with E-state index in [0.717, 1.165) is 37.1 Å². The lowest BCUT2D eigenvalue weighted by Crippen LogP contribution is -2.45. The smallest absolute Gasteiger partial charge is 0.256 e. The maximum absolute atomic E-state index is 13.1. The van der Waals surface area contributed by atoms with E-state index in [1.807, 2.05) is 35.0 Å². The predicted octanol–water partition coefficient (Wildman–Crippen LogP) is 4.59. The van der Waals surface area contributed by atoms with E-state index in [-0.39, 0.29) is 11.8 Å².